The van der Waals surface area contributed by atoms with Crippen LogP contribution in [0.5, 0.6) is 5.75 Å². The van der Waals surface area contributed by atoms with E-state index >= 15 is 0 Å². The van der Waals surface area contributed by atoms with E-state index in [-0.39, 0.29) is 6.10 Å². The fourth-order valence-corrected chi connectivity index (χ4v) is 2.76. The maximum atomic E-state index is 6.08. The highest BCUT2D eigenvalue weighted by Gasteiger charge is 2.21. The quantitative estimate of drug-likeness (QED) is 0.824. The average Bonchev–Trinajstić information content (AvgIpc) is 2.43. The zero-order valence-electron chi connectivity index (χ0n) is 10.6. The lowest BCUT2D eigenvalue weighted by molar-refractivity contribution is 0.184. The highest BCUT2D eigenvalue weighted by molar-refractivity contribution is 6.30. The van der Waals surface area contributed by atoms with E-state index in [1.165, 1.54) is 11.1 Å². The lowest BCUT2D eigenvalue weighted by Crippen LogP contribution is -2.15. The summed E-state index contributed by atoms with van der Waals surface area (Å²) in [4.78, 5) is 0. The van der Waals surface area contributed by atoms with Crippen molar-refractivity contribution in [2.75, 3.05) is 5.73 Å². The number of ether oxygens (including phenoxy) is 1. The Balaban J connectivity index is 1.90. The number of halogens is 1. The van der Waals surface area contributed by atoms with E-state index in [0.717, 1.165) is 19.3 Å². The fourth-order valence-electron chi connectivity index (χ4n) is 2.60. The second-order valence-electron chi connectivity index (χ2n) is 4.88. The summed E-state index contributed by atoms with van der Waals surface area (Å²) in [6.45, 7) is 0. The normalized spacial score (nSPS) is 17.8. The number of hydrogen-bond acceptors (Lipinski definition) is 2. The molecule has 0 saturated carbocycles. The van der Waals surface area contributed by atoms with Crippen molar-refractivity contribution in [3.63, 3.8) is 0 Å². The first-order valence-corrected chi connectivity index (χ1v) is 6.91. The molecule has 1 atom stereocenters. The minimum atomic E-state index is 0.0747. The molecule has 3 rings (SSSR count). The molecule has 98 valence electrons. The number of benzene rings is 2. The summed E-state index contributed by atoms with van der Waals surface area (Å²) in [5, 5.41) is 0.647. The molecule has 0 radical (unpaired) electrons. The number of nitrogen functional groups attached to an aromatic ring is 1. The van der Waals surface area contributed by atoms with Crippen molar-refractivity contribution in [1.82, 2.24) is 0 Å². The zero-order valence-corrected chi connectivity index (χ0v) is 11.4. The molecule has 0 amide bonds. The van der Waals surface area contributed by atoms with Crippen LogP contribution >= 0.6 is 11.6 Å². The van der Waals surface area contributed by atoms with Crippen molar-refractivity contribution >= 4 is 17.3 Å². The van der Waals surface area contributed by atoms with Gasteiger partial charge in [0.05, 0.1) is 5.69 Å². The molecule has 19 heavy (non-hydrogen) atoms. The Bertz CT molecular complexity index is 597. The molecule has 0 aliphatic heterocycles. The van der Waals surface area contributed by atoms with Crippen LogP contribution in [-0.2, 0) is 6.42 Å². The highest BCUT2D eigenvalue weighted by Crippen LogP contribution is 2.36. The first-order chi connectivity index (χ1) is 9.24. The highest BCUT2D eigenvalue weighted by atomic mass is 35.5. The fraction of sp³-hybridized carbons (Fsp3) is 0.250. The maximum Gasteiger partial charge on any atom is 0.144 e. The van der Waals surface area contributed by atoms with Crippen molar-refractivity contribution in [2.24, 2.45) is 0 Å². The summed E-state index contributed by atoms with van der Waals surface area (Å²) < 4.78 is 6.08. The number of aryl methyl sites for hydroxylation is 1. The summed E-state index contributed by atoms with van der Waals surface area (Å²) in [5.41, 5.74) is 9.22. The van der Waals surface area contributed by atoms with Gasteiger partial charge in [0.1, 0.15) is 11.9 Å². The lowest BCUT2D eigenvalue weighted by Gasteiger charge is -2.26. The van der Waals surface area contributed by atoms with E-state index < -0.39 is 0 Å². The predicted molar refractivity (Wildman–Crippen MR) is 78.6 cm³/mol. The first kappa shape index (κ1) is 12.4. The van der Waals surface area contributed by atoms with Crippen LogP contribution in [0.1, 0.15) is 30.1 Å². The van der Waals surface area contributed by atoms with Crippen LogP contribution in [0.25, 0.3) is 0 Å². The monoisotopic (exact) mass is 273 g/mol. The van der Waals surface area contributed by atoms with Gasteiger partial charge >= 0.3 is 0 Å². The molecule has 0 bridgehead atoms. The van der Waals surface area contributed by atoms with E-state index in [9.17, 15) is 0 Å². The van der Waals surface area contributed by atoms with Gasteiger partial charge in [-0.05, 0) is 42.5 Å². The summed E-state index contributed by atoms with van der Waals surface area (Å²) in [5.74, 6) is 0.675. The molecule has 2 N–H and O–H groups in total. The SMILES string of the molecule is Nc1ccc(Cl)cc1OC1CCCc2ccccc21. The van der Waals surface area contributed by atoms with Gasteiger partial charge in [-0.1, -0.05) is 35.9 Å². The molecule has 0 fully saturated rings. The largest absolute Gasteiger partial charge is 0.484 e. The van der Waals surface area contributed by atoms with Gasteiger partial charge in [0, 0.05) is 11.1 Å². The number of rotatable bonds is 2. The van der Waals surface area contributed by atoms with Crippen LogP contribution in [0.15, 0.2) is 42.5 Å². The molecule has 0 spiro atoms. The Morgan fingerprint density at radius 2 is 2.00 bits per heavy atom. The van der Waals surface area contributed by atoms with Crippen molar-refractivity contribution in [1.29, 1.82) is 0 Å². The van der Waals surface area contributed by atoms with Gasteiger partial charge in [-0.25, -0.2) is 0 Å². The maximum absolute atomic E-state index is 6.08. The van der Waals surface area contributed by atoms with Crippen LogP contribution in [-0.4, -0.2) is 0 Å². The zero-order chi connectivity index (χ0) is 13.2. The standard InChI is InChI=1S/C16H16ClNO/c17-12-8-9-14(18)16(10-12)19-15-7-3-5-11-4-1-2-6-13(11)15/h1-2,4,6,8-10,15H,3,5,7,18H2. The van der Waals surface area contributed by atoms with E-state index in [2.05, 4.69) is 24.3 Å². The average molecular weight is 274 g/mol. The third-order valence-electron chi connectivity index (χ3n) is 3.56. The molecular formula is C16H16ClNO. The molecule has 2 nitrogen and oxygen atoms in total. The topological polar surface area (TPSA) is 35.2 Å². The third-order valence-corrected chi connectivity index (χ3v) is 3.79. The molecule has 2 aromatic carbocycles. The molecule has 1 aliphatic carbocycles. The third kappa shape index (κ3) is 2.54. The minimum Gasteiger partial charge on any atom is -0.484 e. The Kier molecular flexibility index (Phi) is 3.34. The van der Waals surface area contributed by atoms with Crippen LogP contribution in [0.3, 0.4) is 0 Å². The number of anilines is 1. The van der Waals surface area contributed by atoms with Gasteiger partial charge < -0.3 is 10.5 Å². The van der Waals surface area contributed by atoms with Crippen molar-refractivity contribution < 1.29 is 4.74 Å². The number of fused-ring (bicyclic) bond motifs is 1. The smallest absolute Gasteiger partial charge is 0.144 e. The lowest BCUT2D eigenvalue weighted by atomic mass is 9.89. The molecule has 1 unspecified atom stereocenters. The predicted octanol–water partition coefficient (Wildman–Crippen LogP) is 4.38. The molecule has 1 aliphatic rings. The van der Waals surface area contributed by atoms with Crippen LogP contribution in [0.4, 0.5) is 5.69 Å². The van der Waals surface area contributed by atoms with Crippen LogP contribution < -0.4 is 10.5 Å². The summed E-state index contributed by atoms with van der Waals surface area (Å²) in [6.07, 6.45) is 3.36. The van der Waals surface area contributed by atoms with Crippen molar-refractivity contribution in [3.8, 4) is 5.75 Å². The number of hydrogen-bond donors (Lipinski definition) is 1. The Morgan fingerprint density at radius 1 is 1.16 bits per heavy atom. The van der Waals surface area contributed by atoms with Gasteiger partial charge in [0.15, 0.2) is 0 Å². The van der Waals surface area contributed by atoms with Gasteiger partial charge in [-0.2, -0.15) is 0 Å². The van der Waals surface area contributed by atoms with Crippen molar-refractivity contribution in [3.05, 3.63) is 58.6 Å². The molecular weight excluding hydrogens is 258 g/mol. The van der Waals surface area contributed by atoms with Crippen LogP contribution in [0.2, 0.25) is 5.02 Å². The van der Waals surface area contributed by atoms with Gasteiger partial charge in [0.25, 0.3) is 0 Å². The summed E-state index contributed by atoms with van der Waals surface area (Å²) in [7, 11) is 0. The van der Waals surface area contributed by atoms with E-state index in [1.54, 1.807) is 18.2 Å². The molecule has 0 aromatic heterocycles. The summed E-state index contributed by atoms with van der Waals surface area (Å²) >= 11 is 6.00. The van der Waals surface area contributed by atoms with Crippen LogP contribution in [0, 0.1) is 0 Å². The minimum absolute atomic E-state index is 0.0747. The van der Waals surface area contributed by atoms with Gasteiger partial charge in [-0.15, -0.1) is 0 Å². The van der Waals surface area contributed by atoms with E-state index in [0.29, 0.717) is 16.5 Å². The number of nitrogens with two attached hydrogens (primary N) is 1. The second kappa shape index (κ2) is 5.14. The molecule has 3 heteroatoms. The van der Waals surface area contributed by atoms with E-state index in [1.807, 2.05) is 0 Å². The molecule has 0 heterocycles. The van der Waals surface area contributed by atoms with Gasteiger partial charge in [0.2, 0.25) is 0 Å². The second-order valence-corrected chi connectivity index (χ2v) is 5.32. The Hall–Kier alpha value is -1.67. The molecule has 0 saturated heterocycles. The Morgan fingerprint density at radius 3 is 2.89 bits per heavy atom. The first-order valence-electron chi connectivity index (χ1n) is 6.53. The summed E-state index contributed by atoms with van der Waals surface area (Å²) in [6, 6.07) is 13.8. The van der Waals surface area contributed by atoms with Gasteiger partial charge in [-0.3, -0.25) is 0 Å². The Labute approximate surface area is 118 Å². The molecule has 2 aromatic rings. The van der Waals surface area contributed by atoms with E-state index in [4.69, 9.17) is 22.1 Å². The van der Waals surface area contributed by atoms with Crippen molar-refractivity contribution in [2.45, 2.75) is 25.4 Å².